The van der Waals surface area contributed by atoms with Crippen LogP contribution in [0.3, 0.4) is 0 Å². The van der Waals surface area contributed by atoms with Crippen LogP contribution < -0.4 is 5.32 Å². The molecule has 2 heterocycles. The van der Waals surface area contributed by atoms with Gasteiger partial charge in [0.1, 0.15) is 0 Å². The average molecular weight is 252 g/mol. The molecule has 0 fully saturated rings. The molecule has 1 atom stereocenters. The molecule has 1 unspecified atom stereocenters. The highest BCUT2D eigenvalue weighted by Gasteiger charge is 2.18. The molecule has 0 aromatic carbocycles. The van der Waals surface area contributed by atoms with E-state index in [1.165, 1.54) is 15.3 Å². The molecule has 0 saturated heterocycles. The smallest absolute Gasteiger partial charge is 0.0900 e. The van der Waals surface area contributed by atoms with Gasteiger partial charge in [-0.15, -0.1) is 22.7 Å². The van der Waals surface area contributed by atoms with E-state index in [0.717, 1.165) is 10.7 Å². The largest absolute Gasteiger partial charge is 0.309 e. The molecular weight excluding hydrogens is 236 g/mol. The molecule has 2 aromatic rings. The highest BCUT2D eigenvalue weighted by Crippen LogP contribution is 2.31. The molecule has 2 rings (SSSR count). The Morgan fingerprint density at radius 1 is 1.31 bits per heavy atom. The zero-order valence-corrected chi connectivity index (χ0v) is 11.6. The summed E-state index contributed by atoms with van der Waals surface area (Å²) in [6.45, 7) is 6.29. The molecule has 0 aliphatic carbocycles. The van der Waals surface area contributed by atoms with Crippen LogP contribution in [0.25, 0.3) is 0 Å². The lowest BCUT2D eigenvalue weighted by molar-refractivity contribution is 0.700. The first-order chi connectivity index (χ1) is 7.61. The first kappa shape index (κ1) is 11.8. The van der Waals surface area contributed by atoms with Gasteiger partial charge in [-0.25, -0.2) is 4.98 Å². The maximum atomic E-state index is 4.49. The number of aromatic nitrogens is 1. The molecule has 1 N–H and O–H groups in total. The molecule has 0 bridgehead atoms. The Balaban J connectivity index is 2.40. The second-order valence-electron chi connectivity index (χ2n) is 3.89. The highest BCUT2D eigenvalue weighted by atomic mass is 32.1. The lowest BCUT2D eigenvalue weighted by Gasteiger charge is -2.13. The standard InChI is InChI=1S/C12H16N2S2/c1-7-5-10(6-15-7)11(13-4)12-8(2)14-9(3)16-12/h5-6,11,13H,1-4H3. The monoisotopic (exact) mass is 252 g/mol. The van der Waals surface area contributed by atoms with Gasteiger partial charge in [0.05, 0.1) is 16.7 Å². The predicted octanol–water partition coefficient (Wildman–Crippen LogP) is 3.44. The summed E-state index contributed by atoms with van der Waals surface area (Å²) < 4.78 is 0. The topological polar surface area (TPSA) is 24.9 Å². The van der Waals surface area contributed by atoms with Crippen LogP contribution in [0.2, 0.25) is 0 Å². The number of rotatable bonds is 3. The third-order valence-corrected chi connectivity index (χ3v) is 4.59. The summed E-state index contributed by atoms with van der Waals surface area (Å²) in [7, 11) is 2.01. The van der Waals surface area contributed by atoms with Crippen LogP contribution in [-0.2, 0) is 0 Å². The molecule has 2 nitrogen and oxygen atoms in total. The van der Waals surface area contributed by atoms with Crippen molar-refractivity contribution in [1.82, 2.24) is 10.3 Å². The first-order valence-corrected chi connectivity index (χ1v) is 6.97. The third kappa shape index (κ3) is 2.19. The normalized spacial score (nSPS) is 13.0. The fourth-order valence-corrected chi connectivity index (χ4v) is 3.68. The van der Waals surface area contributed by atoms with E-state index in [2.05, 4.69) is 42.5 Å². The summed E-state index contributed by atoms with van der Waals surface area (Å²) in [5, 5.41) is 6.75. The molecule has 16 heavy (non-hydrogen) atoms. The van der Waals surface area contributed by atoms with Crippen molar-refractivity contribution >= 4 is 22.7 Å². The molecule has 0 aliphatic heterocycles. The van der Waals surface area contributed by atoms with E-state index >= 15 is 0 Å². The fourth-order valence-electron chi connectivity index (χ4n) is 1.88. The van der Waals surface area contributed by atoms with Crippen molar-refractivity contribution < 1.29 is 0 Å². The van der Waals surface area contributed by atoms with E-state index in [0.29, 0.717) is 0 Å². The number of nitrogens with one attached hydrogen (secondary N) is 1. The summed E-state index contributed by atoms with van der Waals surface area (Å²) in [5.41, 5.74) is 2.49. The first-order valence-electron chi connectivity index (χ1n) is 5.28. The second-order valence-corrected chi connectivity index (χ2v) is 6.25. The lowest BCUT2D eigenvalue weighted by Crippen LogP contribution is -2.16. The zero-order valence-electron chi connectivity index (χ0n) is 10.00. The Bertz CT molecular complexity index is 485. The van der Waals surface area contributed by atoms with Crippen molar-refractivity contribution in [3.05, 3.63) is 37.5 Å². The number of aryl methyl sites for hydroxylation is 3. The average Bonchev–Trinajstić information content (AvgIpc) is 2.76. The van der Waals surface area contributed by atoms with E-state index in [4.69, 9.17) is 0 Å². The van der Waals surface area contributed by atoms with Crippen LogP contribution in [0, 0.1) is 20.8 Å². The van der Waals surface area contributed by atoms with Crippen LogP contribution in [-0.4, -0.2) is 12.0 Å². The van der Waals surface area contributed by atoms with Crippen molar-refractivity contribution in [3.63, 3.8) is 0 Å². The van der Waals surface area contributed by atoms with Gasteiger partial charge in [0.2, 0.25) is 0 Å². The molecule has 0 saturated carbocycles. The molecule has 0 amide bonds. The van der Waals surface area contributed by atoms with Gasteiger partial charge in [-0.2, -0.15) is 0 Å². The van der Waals surface area contributed by atoms with Crippen LogP contribution in [0.15, 0.2) is 11.4 Å². The molecule has 4 heteroatoms. The summed E-state index contributed by atoms with van der Waals surface area (Å²) in [6, 6.07) is 2.54. The van der Waals surface area contributed by atoms with Gasteiger partial charge < -0.3 is 5.32 Å². The Morgan fingerprint density at radius 3 is 2.50 bits per heavy atom. The van der Waals surface area contributed by atoms with Gasteiger partial charge in [-0.1, -0.05) is 0 Å². The maximum Gasteiger partial charge on any atom is 0.0900 e. The van der Waals surface area contributed by atoms with Gasteiger partial charge in [0, 0.05) is 9.75 Å². The molecule has 0 spiro atoms. The van der Waals surface area contributed by atoms with E-state index in [1.807, 2.05) is 7.05 Å². The minimum atomic E-state index is 0.288. The summed E-state index contributed by atoms with van der Waals surface area (Å²) >= 11 is 3.58. The molecule has 0 aliphatic rings. The third-order valence-electron chi connectivity index (χ3n) is 2.57. The van der Waals surface area contributed by atoms with Gasteiger partial charge >= 0.3 is 0 Å². The van der Waals surface area contributed by atoms with E-state index in [1.54, 1.807) is 22.7 Å². The summed E-state index contributed by atoms with van der Waals surface area (Å²) in [4.78, 5) is 7.18. The van der Waals surface area contributed by atoms with Crippen molar-refractivity contribution in [2.75, 3.05) is 7.05 Å². The second kappa shape index (κ2) is 4.65. The van der Waals surface area contributed by atoms with Crippen LogP contribution in [0.4, 0.5) is 0 Å². The van der Waals surface area contributed by atoms with Crippen LogP contribution in [0.1, 0.15) is 32.1 Å². The van der Waals surface area contributed by atoms with Crippen molar-refractivity contribution in [1.29, 1.82) is 0 Å². The van der Waals surface area contributed by atoms with Gasteiger partial charge in [0.25, 0.3) is 0 Å². The molecular formula is C12H16N2S2. The quantitative estimate of drug-likeness (QED) is 0.905. The van der Waals surface area contributed by atoms with Gasteiger partial charge in [0.15, 0.2) is 0 Å². The minimum absolute atomic E-state index is 0.288. The lowest BCUT2D eigenvalue weighted by atomic mass is 10.1. The van der Waals surface area contributed by atoms with Crippen molar-refractivity contribution in [2.45, 2.75) is 26.8 Å². The van der Waals surface area contributed by atoms with Gasteiger partial charge in [-0.3, -0.25) is 0 Å². The van der Waals surface area contributed by atoms with Crippen molar-refractivity contribution in [3.8, 4) is 0 Å². The summed E-state index contributed by atoms with van der Waals surface area (Å²) in [5.74, 6) is 0. The van der Waals surface area contributed by atoms with Crippen LogP contribution in [0.5, 0.6) is 0 Å². The van der Waals surface area contributed by atoms with Crippen molar-refractivity contribution in [2.24, 2.45) is 0 Å². The number of thiazole rings is 1. The van der Waals surface area contributed by atoms with Crippen LogP contribution >= 0.6 is 22.7 Å². The Hall–Kier alpha value is -0.710. The van der Waals surface area contributed by atoms with E-state index in [-0.39, 0.29) is 6.04 Å². The minimum Gasteiger partial charge on any atom is -0.309 e. The summed E-state index contributed by atoms with van der Waals surface area (Å²) in [6.07, 6.45) is 0. The highest BCUT2D eigenvalue weighted by molar-refractivity contribution is 7.12. The Labute approximate surface area is 104 Å². The van der Waals surface area contributed by atoms with E-state index in [9.17, 15) is 0 Å². The predicted molar refractivity (Wildman–Crippen MR) is 71.5 cm³/mol. The fraction of sp³-hybridized carbons (Fsp3) is 0.417. The molecule has 2 aromatic heterocycles. The SMILES string of the molecule is CNC(c1csc(C)c1)c1sc(C)nc1C. The Morgan fingerprint density at radius 2 is 2.06 bits per heavy atom. The molecule has 0 radical (unpaired) electrons. The van der Waals surface area contributed by atoms with Gasteiger partial charge in [-0.05, 0) is 44.8 Å². The molecule has 86 valence electrons. The maximum absolute atomic E-state index is 4.49. The number of thiophene rings is 1. The Kier molecular flexibility index (Phi) is 3.42. The number of nitrogens with zero attached hydrogens (tertiary/aromatic N) is 1. The number of hydrogen-bond donors (Lipinski definition) is 1. The van der Waals surface area contributed by atoms with E-state index < -0.39 is 0 Å². The zero-order chi connectivity index (χ0) is 11.7. The number of hydrogen-bond acceptors (Lipinski definition) is 4.